The molecule has 4 aromatic rings. The van der Waals surface area contributed by atoms with Crippen LogP contribution in [0.3, 0.4) is 0 Å². The number of aromatic nitrogens is 2. The molecule has 7 nitrogen and oxygen atoms in total. The van der Waals surface area contributed by atoms with Crippen molar-refractivity contribution in [1.82, 2.24) is 20.4 Å². The van der Waals surface area contributed by atoms with Crippen molar-refractivity contribution in [1.29, 1.82) is 0 Å². The summed E-state index contributed by atoms with van der Waals surface area (Å²) in [6.07, 6.45) is 1.71. The number of benzene rings is 2. The van der Waals surface area contributed by atoms with Crippen molar-refractivity contribution < 1.29 is 14.0 Å². The van der Waals surface area contributed by atoms with Crippen LogP contribution >= 0.6 is 0 Å². The lowest BCUT2D eigenvalue weighted by Crippen LogP contribution is -2.43. The minimum absolute atomic E-state index is 0.0692. The lowest BCUT2D eigenvalue weighted by molar-refractivity contribution is -0.128. The Labute approximate surface area is 167 Å². The number of hydrogen-bond acceptors (Lipinski definition) is 4. The number of hydrogen-bond donors (Lipinski definition) is 2. The fourth-order valence-corrected chi connectivity index (χ4v) is 3.46. The highest BCUT2D eigenvalue weighted by Crippen LogP contribution is 2.26. The molecule has 0 bridgehead atoms. The lowest BCUT2D eigenvalue weighted by Gasteiger charge is -2.09. The zero-order valence-corrected chi connectivity index (χ0v) is 16.6. The van der Waals surface area contributed by atoms with Crippen molar-refractivity contribution >= 4 is 33.8 Å². The van der Waals surface area contributed by atoms with E-state index in [0.29, 0.717) is 0 Å². The van der Waals surface area contributed by atoms with Gasteiger partial charge in [-0.2, -0.15) is 0 Å². The van der Waals surface area contributed by atoms with Crippen molar-refractivity contribution in [2.45, 2.75) is 33.7 Å². The molecule has 0 atom stereocenters. The Morgan fingerprint density at radius 3 is 2.62 bits per heavy atom. The van der Waals surface area contributed by atoms with Crippen molar-refractivity contribution in [2.24, 2.45) is 0 Å². The topological polar surface area (TPSA) is 89.2 Å². The van der Waals surface area contributed by atoms with Crippen LogP contribution in [0.5, 0.6) is 0 Å². The van der Waals surface area contributed by atoms with E-state index < -0.39 is 0 Å². The maximum Gasteiger partial charge on any atom is 0.258 e. The number of nitrogens with zero attached hydrogens (tertiary/aromatic N) is 2. The maximum absolute atomic E-state index is 12.3. The summed E-state index contributed by atoms with van der Waals surface area (Å²) in [4.78, 5) is 29.1. The molecule has 0 spiro atoms. The van der Waals surface area contributed by atoms with Crippen LogP contribution in [-0.2, 0) is 22.6 Å². The monoisotopic (exact) mass is 390 g/mol. The van der Waals surface area contributed by atoms with Gasteiger partial charge < -0.3 is 8.98 Å². The maximum atomic E-state index is 12.3. The molecule has 0 aliphatic carbocycles. The normalized spacial score (nSPS) is 11.1. The second-order valence-electron chi connectivity index (χ2n) is 7.15. The summed E-state index contributed by atoms with van der Waals surface area (Å²) in [7, 11) is 0. The van der Waals surface area contributed by atoms with Gasteiger partial charge in [0.15, 0.2) is 0 Å². The molecule has 0 saturated heterocycles. The van der Waals surface area contributed by atoms with Crippen LogP contribution in [0.1, 0.15) is 22.5 Å². The first-order valence-corrected chi connectivity index (χ1v) is 9.40. The molecule has 2 aromatic heterocycles. The van der Waals surface area contributed by atoms with E-state index >= 15 is 0 Å². The van der Waals surface area contributed by atoms with Gasteiger partial charge in [-0.25, -0.2) is 4.98 Å². The van der Waals surface area contributed by atoms with Crippen molar-refractivity contribution in [3.05, 3.63) is 65.2 Å². The highest BCUT2D eigenvalue weighted by Gasteiger charge is 2.14. The van der Waals surface area contributed by atoms with Crippen LogP contribution in [0.25, 0.3) is 22.0 Å². The van der Waals surface area contributed by atoms with E-state index in [1.54, 1.807) is 6.26 Å². The van der Waals surface area contributed by atoms with Gasteiger partial charge >= 0.3 is 0 Å². The average molecular weight is 390 g/mol. The second kappa shape index (κ2) is 7.43. The first-order valence-electron chi connectivity index (χ1n) is 9.40. The molecular formula is C22H22N4O3. The molecule has 2 amide bonds. The Balaban J connectivity index is 1.39. The third-order valence-electron chi connectivity index (χ3n) is 5.18. The zero-order valence-electron chi connectivity index (χ0n) is 16.6. The summed E-state index contributed by atoms with van der Waals surface area (Å²) in [5.41, 5.74) is 10.4. The lowest BCUT2D eigenvalue weighted by atomic mass is 10.0. The van der Waals surface area contributed by atoms with Crippen molar-refractivity contribution in [3.63, 3.8) is 0 Å². The van der Waals surface area contributed by atoms with Gasteiger partial charge in [0, 0.05) is 10.9 Å². The summed E-state index contributed by atoms with van der Waals surface area (Å²) < 4.78 is 7.44. The van der Waals surface area contributed by atoms with Gasteiger partial charge in [0.05, 0.1) is 23.7 Å². The van der Waals surface area contributed by atoms with Crippen LogP contribution in [0, 0.1) is 20.8 Å². The molecule has 0 fully saturated rings. The van der Waals surface area contributed by atoms with Gasteiger partial charge in [0.2, 0.25) is 5.91 Å². The molecule has 4 rings (SSSR count). The molecule has 0 aliphatic rings. The van der Waals surface area contributed by atoms with Crippen molar-refractivity contribution in [2.75, 3.05) is 0 Å². The number of nitrogens with one attached hydrogen (secondary N) is 2. The SMILES string of the molecule is Cc1ccc2c(CC(=O)NNC(=O)Cn3c(C)nc4ccccc43)coc2c1C. The molecule has 2 heterocycles. The molecular weight excluding hydrogens is 368 g/mol. The smallest absolute Gasteiger partial charge is 0.258 e. The zero-order chi connectivity index (χ0) is 20.5. The quantitative estimate of drug-likeness (QED) is 0.524. The number of hydrazine groups is 1. The molecule has 2 N–H and O–H groups in total. The number of imidazole rings is 1. The molecule has 29 heavy (non-hydrogen) atoms. The average Bonchev–Trinajstić information content (AvgIpc) is 3.24. The van der Waals surface area contributed by atoms with Crippen LogP contribution in [-0.4, -0.2) is 21.4 Å². The third kappa shape index (κ3) is 3.59. The third-order valence-corrected chi connectivity index (χ3v) is 5.18. The number of amides is 2. The van der Waals surface area contributed by atoms with E-state index in [1.807, 2.05) is 61.7 Å². The molecule has 0 aliphatic heterocycles. The van der Waals surface area contributed by atoms with Gasteiger partial charge in [-0.3, -0.25) is 20.4 Å². The fraction of sp³-hybridized carbons (Fsp3) is 0.227. The highest BCUT2D eigenvalue weighted by atomic mass is 16.3. The predicted molar refractivity (Wildman–Crippen MR) is 110 cm³/mol. The molecule has 2 aromatic carbocycles. The van der Waals surface area contributed by atoms with Gasteiger partial charge in [0.25, 0.3) is 5.91 Å². The minimum atomic E-state index is -0.326. The molecule has 0 saturated carbocycles. The Kier molecular flexibility index (Phi) is 4.80. The van der Waals surface area contributed by atoms with Crippen LogP contribution in [0.2, 0.25) is 0 Å². The number of para-hydroxylation sites is 2. The van der Waals surface area contributed by atoms with Gasteiger partial charge in [-0.05, 0) is 44.0 Å². The molecule has 148 valence electrons. The number of carbonyl (C=O) groups is 2. The van der Waals surface area contributed by atoms with E-state index in [4.69, 9.17) is 4.42 Å². The number of fused-ring (bicyclic) bond motifs is 2. The fourth-order valence-electron chi connectivity index (χ4n) is 3.46. The van der Waals surface area contributed by atoms with Crippen LogP contribution in [0.15, 0.2) is 47.1 Å². The summed E-state index contributed by atoms with van der Waals surface area (Å²) in [6.45, 7) is 5.93. The van der Waals surface area contributed by atoms with E-state index in [-0.39, 0.29) is 24.8 Å². The number of rotatable bonds is 4. The number of carbonyl (C=O) groups excluding carboxylic acids is 2. The Morgan fingerprint density at radius 1 is 1.03 bits per heavy atom. The largest absolute Gasteiger partial charge is 0.464 e. The summed E-state index contributed by atoms with van der Waals surface area (Å²) in [6, 6.07) is 11.6. The van der Waals surface area contributed by atoms with Crippen LogP contribution in [0.4, 0.5) is 0 Å². The predicted octanol–water partition coefficient (Wildman–Crippen LogP) is 3.10. The first kappa shape index (κ1) is 18.7. The highest BCUT2D eigenvalue weighted by molar-refractivity contribution is 5.90. The van der Waals surface area contributed by atoms with E-state index in [1.165, 1.54) is 0 Å². The van der Waals surface area contributed by atoms with Gasteiger partial charge in [0.1, 0.15) is 18.0 Å². The number of aryl methyl sites for hydroxylation is 3. The molecule has 0 unspecified atom stereocenters. The second-order valence-corrected chi connectivity index (χ2v) is 7.15. The summed E-state index contributed by atoms with van der Waals surface area (Å²) >= 11 is 0. The van der Waals surface area contributed by atoms with Gasteiger partial charge in [-0.1, -0.05) is 24.3 Å². The Morgan fingerprint density at radius 2 is 1.79 bits per heavy atom. The number of furan rings is 1. The minimum Gasteiger partial charge on any atom is -0.464 e. The molecule has 7 heteroatoms. The first-order chi connectivity index (χ1) is 13.9. The van der Waals surface area contributed by atoms with E-state index in [0.717, 1.165) is 44.5 Å². The van der Waals surface area contributed by atoms with Crippen LogP contribution < -0.4 is 10.9 Å². The summed E-state index contributed by atoms with van der Waals surface area (Å²) in [5, 5.41) is 0.912. The Hall–Kier alpha value is -3.61. The molecule has 0 radical (unpaired) electrons. The van der Waals surface area contributed by atoms with Crippen molar-refractivity contribution in [3.8, 4) is 0 Å². The Bertz CT molecular complexity index is 1240. The van der Waals surface area contributed by atoms with Gasteiger partial charge in [-0.15, -0.1) is 0 Å². The standard InChI is InChI=1S/C22H22N4O3/c1-13-8-9-17-16(12-29-22(17)14(13)2)10-20(27)24-25-21(28)11-26-15(3)23-18-6-4-5-7-19(18)26/h4-9,12H,10-11H2,1-3H3,(H,24,27)(H,25,28). The van der Waals surface area contributed by atoms with E-state index in [2.05, 4.69) is 15.8 Å². The summed E-state index contributed by atoms with van der Waals surface area (Å²) in [5.74, 6) is 0.0998. The van der Waals surface area contributed by atoms with E-state index in [9.17, 15) is 9.59 Å².